The minimum absolute atomic E-state index is 0.282. The molecule has 0 radical (unpaired) electrons. The molecule has 1 heterocycles. The molecule has 1 aromatic carbocycles. The van der Waals surface area contributed by atoms with Gasteiger partial charge < -0.3 is 9.26 Å². The van der Waals surface area contributed by atoms with Gasteiger partial charge in [-0.3, -0.25) is 0 Å². The van der Waals surface area contributed by atoms with Crippen LogP contribution in [0.3, 0.4) is 0 Å². The summed E-state index contributed by atoms with van der Waals surface area (Å²) >= 11 is 5.87. The van der Waals surface area contributed by atoms with Gasteiger partial charge in [-0.05, 0) is 37.6 Å². The van der Waals surface area contributed by atoms with Crippen molar-refractivity contribution in [1.82, 2.24) is 10.1 Å². The van der Waals surface area contributed by atoms with Crippen molar-refractivity contribution in [2.24, 2.45) is 0 Å². The fourth-order valence-corrected chi connectivity index (χ4v) is 1.62. The molecule has 2 aromatic rings. The molecule has 0 aliphatic carbocycles. The minimum Gasteiger partial charge on any atom is -0.496 e. The molecule has 2 rings (SSSR count). The molecule has 0 aliphatic heterocycles. The molecule has 0 N–H and O–H groups in total. The number of alkyl halides is 1. The molecule has 0 saturated carbocycles. The Morgan fingerprint density at radius 2 is 2.18 bits per heavy atom. The van der Waals surface area contributed by atoms with Crippen LogP contribution in [0.2, 0.25) is 0 Å². The van der Waals surface area contributed by atoms with Gasteiger partial charge >= 0.3 is 0 Å². The number of aryl methyl sites for hydroxylation is 1. The summed E-state index contributed by atoms with van der Waals surface area (Å²) in [6.45, 7) is 3.76. The van der Waals surface area contributed by atoms with Gasteiger partial charge in [-0.2, -0.15) is 4.98 Å². The average molecular weight is 253 g/mol. The largest absolute Gasteiger partial charge is 0.496 e. The van der Waals surface area contributed by atoms with Crippen LogP contribution >= 0.6 is 11.6 Å². The average Bonchev–Trinajstić information content (AvgIpc) is 2.78. The molecule has 0 fully saturated rings. The second-order valence-corrected chi connectivity index (χ2v) is 4.41. The normalized spacial score (nSPS) is 12.5. The molecule has 17 heavy (non-hydrogen) atoms. The van der Waals surface area contributed by atoms with Crippen LogP contribution in [0.15, 0.2) is 22.7 Å². The van der Waals surface area contributed by atoms with Crippen molar-refractivity contribution in [3.05, 3.63) is 29.7 Å². The number of hydrogen-bond donors (Lipinski definition) is 0. The number of nitrogens with zero attached hydrogens (tertiary/aromatic N) is 2. The van der Waals surface area contributed by atoms with E-state index < -0.39 is 0 Å². The fraction of sp³-hybridized carbons (Fsp3) is 0.333. The van der Waals surface area contributed by atoms with Gasteiger partial charge in [-0.15, -0.1) is 11.6 Å². The fourth-order valence-electron chi connectivity index (χ4n) is 1.53. The van der Waals surface area contributed by atoms with E-state index in [4.69, 9.17) is 20.9 Å². The van der Waals surface area contributed by atoms with Crippen molar-refractivity contribution in [2.75, 3.05) is 7.11 Å². The summed E-state index contributed by atoms with van der Waals surface area (Å²) in [6, 6.07) is 5.72. The Bertz CT molecular complexity index is 523. The molecule has 1 unspecified atom stereocenters. The Hall–Kier alpha value is -1.55. The van der Waals surface area contributed by atoms with E-state index in [1.165, 1.54) is 0 Å². The van der Waals surface area contributed by atoms with Crippen molar-refractivity contribution >= 4 is 11.6 Å². The number of hydrogen-bond acceptors (Lipinski definition) is 4. The lowest BCUT2D eigenvalue weighted by Crippen LogP contribution is -1.89. The number of halogens is 1. The molecule has 0 saturated heterocycles. The molecule has 90 valence electrons. The van der Waals surface area contributed by atoms with E-state index in [0.29, 0.717) is 11.7 Å². The predicted octanol–water partition coefficient (Wildman–Crippen LogP) is 3.35. The molecule has 0 bridgehead atoms. The smallest absolute Gasteiger partial charge is 0.244 e. The Kier molecular flexibility index (Phi) is 3.33. The third-order valence-electron chi connectivity index (χ3n) is 2.44. The van der Waals surface area contributed by atoms with E-state index in [-0.39, 0.29) is 5.38 Å². The zero-order valence-corrected chi connectivity index (χ0v) is 10.7. The number of rotatable bonds is 3. The van der Waals surface area contributed by atoms with Crippen molar-refractivity contribution in [3.63, 3.8) is 0 Å². The molecular formula is C12H13ClN2O2. The summed E-state index contributed by atoms with van der Waals surface area (Å²) in [6.07, 6.45) is 0. The maximum Gasteiger partial charge on any atom is 0.244 e. The highest BCUT2D eigenvalue weighted by atomic mass is 35.5. The van der Waals surface area contributed by atoms with Crippen molar-refractivity contribution < 1.29 is 9.26 Å². The Balaban J connectivity index is 2.36. The van der Waals surface area contributed by atoms with Gasteiger partial charge in [-0.1, -0.05) is 5.16 Å². The zero-order chi connectivity index (χ0) is 12.4. The maximum atomic E-state index is 5.87. The molecular weight excluding hydrogens is 240 g/mol. The molecule has 1 atom stereocenters. The van der Waals surface area contributed by atoms with Crippen molar-refractivity contribution in [1.29, 1.82) is 0 Å². The molecule has 0 spiro atoms. The van der Waals surface area contributed by atoms with Gasteiger partial charge in [0, 0.05) is 5.56 Å². The summed E-state index contributed by atoms with van der Waals surface area (Å²) in [5.74, 6) is 1.80. The quantitative estimate of drug-likeness (QED) is 0.786. The van der Waals surface area contributed by atoms with Crippen LogP contribution in [0.1, 0.15) is 23.8 Å². The van der Waals surface area contributed by atoms with Gasteiger partial charge in [0.15, 0.2) is 0 Å². The van der Waals surface area contributed by atoms with Gasteiger partial charge in [0.25, 0.3) is 0 Å². The van der Waals surface area contributed by atoms with Gasteiger partial charge in [0.2, 0.25) is 11.7 Å². The Morgan fingerprint density at radius 3 is 2.71 bits per heavy atom. The Morgan fingerprint density at radius 1 is 1.41 bits per heavy atom. The summed E-state index contributed by atoms with van der Waals surface area (Å²) < 4.78 is 10.2. The van der Waals surface area contributed by atoms with E-state index in [0.717, 1.165) is 16.9 Å². The minimum atomic E-state index is -0.282. The first-order valence-electron chi connectivity index (χ1n) is 5.24. The van der Waals surface area contributed by atoms with Gasteiger partial charge in [0.05, 0.1) is 7.11 Å². The van der Waals surface area contributed by atoms with Crippen LogP contribution in [-0.2, 0) is 0 Å². The number of methoxy groups -OCH3 is 1. The van der Waals surface area contributed by atoms with Crippen molar-refractivity contribution in [2.45, 2.75) is 19.2 Å². The third kappa shape index (κ3) is 2.42. The van der Waals surface area contributed by atoms with Crippen LogP contribution in [0.5, 0.6) is 5.75 Å². The van der Waals surface area contributed by atoms with Gasteiger partial charge in [0.1, 0.15) is 11.1 Å². The molecule has 0 amide bonds. The Labute approximate surface area is 105 Å². The first kappa shape index (κ1) is 11.9. The predicted molar refractivity (Wildman–Crippen MR) is 65.3 cm³/mol. The number of aromatic nitrogens is 2. The van der Waals surface area contributed by atoms with Crippen LogP contribution in [0.25, 0.3) is 11.4 Å². The molecule has 5 heteroatoms. The summed E-state index contributed by atoms with van der Waals surface area (Å²) in [5, 5.41) is 3.61. The maximum absolute atomic E-state index is 5.87. The standard InChI is InChI=1S/C12H13ClN2O2/c1-7-6-9(4-5-10(7)16-3)11-14-12(8(2)13)17-15-11/h4-6,8H,1-3H3. The lowest BCUT2D eigenvalue weighted by Gasteiger charge is -2.04. The van der Waals surface area contributed by atoms with E-state index in [1.807, 2.05) is 25.1 Å². The number of ether oxygens (including phenoxy) is 1. The van der Waals surface area contributed by atoms with E-state index >= 15 is 0 Å². The highest BCUT2D eigenvalue weighted by molar-refractivity contribution is 6.20. The molecule has 0 aliphatic rings. The number of benzene rings is 1. The molecule has 1 aromatic heterocycles. The SMILES string of the molecule is COc1ccc(-c2noc(C(C)Cl)n2)cc1C. The third-order valence-corrected chi connectivity index (χ3v) is 2.62. The highest BCUT2D eigenvalue weighted by Gasteiger charge is 2.13. The summed E-state index contributed by atoms with van der Waals surface area (Å²) in [4.78, 5) is 4.23. The zero-order valence-electron chi connectivity index (χ0n) is 9.90. The first-order chi connectivity index (χ1) is 8.11. The lowest BCUT2D eigenvalue weighted by atomic mass is 10.1. The topological polar surface area (TPSA) is 48.2 Å². The highest BCUT2D eigenvalue weighted by Crippen LogP contribution is 2.26. The summed E-state index contributed by atoms with van der Waals surface area (Å²) in [5.41, 5.74) is 1.91. The lowest BCUT2D eigenvalue weighted by molar-refractivity contribution is 0.379. The summed E-state index contributed by atoms with van der Waals surface area (Å²) in [7, 11) is 1.64. The van der Waals surface area contributed by atoms with E-state index in [1.54, 1.807) is 14.0 Å². The van der Waals surface area contributed by atoms with Gasteiger partial charge in [-0.25, -0.2) is 0 Å². The van der Waals surface area contributed by atoms with E-state index in [2.05, 4.69) is 10.1 Å². The molecule has 4 nitrogen and oxygen atoms in total. The second-order valence-electron chi connectivity index (χ2n) is 3.76. The van der Waals surface area contributed by atoms with E-state index in [9.17, 15) is 0 Å². The van der Waals surface area contributed by atoms with Crippen LogP contribution < -0.4 is 4.74 Å². The first-order valence-corrected chi connectivity index (χ1v) is 5.68. The van der Waals surface area contributed by atoms with Crippen LogP contribution in [-0.4, -0.2) is 17.3 Å². The van der Waals surface area contributed by atoms with Crippen molar-refractivity contribution in [3.8, 4) is 17.1 Å². The monoisotopic (exact) mass is 252 g/mol. The second kappa shape index (κ2) is 4.75. The van der Waals surface area contributed by atoms with Crippen LogP contribution in [0, 0.1) is 6.92 Å². The van der Waals surface area contributed by atoms with Crippen LogP contribution in [0.4, 0.5) is 0 Å².